The van der Waals surface area contributed by atoms with E-state index in [-0.39, 0.29) is 0 Å². The zero-order chi connectivity index (χ0) is 25.9. The predicted molar refractivity (Wildman–Crippen MR) is 164 cm³/mol. The van der Waals surface area contributed by atoms with Crippen LogP contribution in [0.5, 0.6) is 0 Å². The maximum Gasteiger partial charge on any atom is 0.235 e. The Morgan fingerprint density at radius 3 is 2.62 bits per heavy atom. The van der Waals surface area contributed by atoms with E-state index in [0.29, 0.717) is 11.8 Å². The summed E-state index contributed by atoms with van der Waals surface area (Å²) in [6.45, 7) is 0. The van der Waals surface area contributed by atoms with Crippen molar-refractivity contribution < 1.29 is 0 Å². The molecule has 4 aliphatic rings. The van der Waals surface area contributed by atoms with Crippen molar-refractivity contribution in [2.45, 2.75) is 15.7 Å². The van der Waals surface area contributed by atoms with E-state index in [1.54, 1.807) is 11.8 Å². The van der Waals surface area contributed by atoms with E-state index in [1.807, 2.05) is 0 Å². The molecule has 4 heteroatoms. The first-order valence-corrected chi connectivity index (χ1v) is 14.6. The van der Waals surface area contributed by atoms with E-state index in [0.717, 1.165) is 33.6 Å². The number of hydrogen-bond acceptors (Lipinski definition) is 3. The molecule has 10 rings (SSSR count). The molecule has 1 aliphatic heterocycles. The predicted octanol–water partition coefficient (Wildman–Crippen LogP) is 9.02. The third-order valence-corrected chi connectivity index (χ3v) is 10.1. The lowest BCUT2D eigenvalue weighted by atomic mass is 9.79. The van der Waals surface area contributed by atoms with Gasteiger partial charge in [0.15, 0.2) is 0 Å². The van der Waals surface area contributed by atoms with E-state index in [9.17, 15) is 0 Å². The fourth-order valence-electron chi connectivity index (χ4n) is 7.40. The maximum atomic E-state index is 5.34. The highest BCUT2D eigenvalue weighted by atomic mass is 32.2. The van der Waals surface area contributed by atoms with Crippen molar-refractivity contribution in [1.82, 2.24) is 14.5 Å². The van der Waals surface area contributed by atoms with Crippen molar-refractivity contribution in [3.63, 3.8) is 0 Å². The second-order valence-electron chi connectivity index (χ2n) is 10.9. The van der Waals surface area contributed by atoms with Crippen LogP contribution in [-0.4, -0.2) is 14.5 Å². The number of para-hydroxylation sites is 1. The fourth-order valence-corrected chi connectivity index (χ4v) is 8.51. The zero-order valence-corrected chi connectivity index (χ0v) is 22.2. The molecule has 0 radical (unpaired) electrons. The van der Waals surface area contributed by atoms with Gasteiger partial charge in [-0.2, -0.15) is 0 Å². The molecule has 186 valence electrons. The van der Waals surface area contributed by atoms with Gasteiger partial charge in [0.05, 0.1) is 22.2 Å². The van der Waals surface area contributed by atoms with Gasteiger partial charge >= 0.3 is 0 Å². The molecule has 0 N–H and O–H groups in total. The lowest BCUT2D eigenvalue weighted by Crippen LogP contribution is -2.11. The van der Waals surface area contributed by atoms with Gasteiger partial charge in [-0.1, -0.05) is 96.7 Å². The van der Waals surface area contributed by atoms with Gasteiger partial charge in [0, 0.05) is 43.3 Å². The number of nitrogens with zero attached hydrogens (tertiary/aromatic N) is 3. The number of allylic oxidation sites excluding steroid dienone is 8. The topological polar surface area (TPSA) is 30.7 Å². The molecule has 2 unspecified atom stereocenters. The second kappa shape index (κ2) is 7.50. The van der Waals surface area contributed by atoms with Crippen LogP contribution in [0.25, 0.3) is 55.5 Å². The molecule has 2 atom stereocenters. The van der Waals surface area contributed by atoms with Crippen LogP contribution < -0.4 is 0 Å². The van der Waals surface area contributed by atoms with Crippen LogP contribution in [0.2, 0.25) is 0 Å². The molecule has 0 saturated heterocycles. The van der Waals surface area contributed by atoms with Crippen molar-refractivity contribution >= 4 is 50.0 Å². The number of aromatic nitrogens is 3. The van der Waals surface area contributed by atoms with Gasteiger partial charge < -0.3 is 0 Å². The largest absolute Gasteiger partial charge is 0.278 e. The molecule has 0 saturated carbocycles. The molecule has 0 fully saturated rings. The summed E-state index contributed by atoms with van der Waals surface area (Å²) in [6, 6.07) is 28.4. The van der Waals surface area contributed by atoms with Crippen LogP contribution in [0.3, 0.4) is 0 Å². The van der Waals surface area contributed by atoms with Gasteiger partial charge in [-0.3, -0.25) is 4.57 Å². The van der Waals surface area contributed by atoms with Crippen LogP contribution in [0, 0.1) is 5.92 Å². The lowest BCUT2D eigenvalue weighted by Gasteiger charge is -2.24. The third kappa shape index (κ3) is 2.57. The Kier molecular flexibility index (Phi) is 3.97. The summed E-state index contributed by atoms with van der Waals surface area (Å²) in [4.78, 5) is 13.0. The number of rotatable bonds is 1. The molecular weight excluding hydrogens is 506 g/mol. The number of benzene rings is 4. The maximum absolute atomic E-state index is 5.34. The van der Waals surface area contributed by atoms with Crippen molar-refractivity contribution in [3.05, 3.63) is 132 Å². The first kappa shape index (κ1) is 21.2. The summed E-state index contributed by atoms with van der Waals surface area (Å²) in [5, 5.41) is 3.70. The Bertz CT molecular complexity index is 2260. The summed E-state index contributed by atoms with van der Waals surface area (Å²) >= 11 is 1.81. The van der Waals surface area contributed by atoms with Crippen LogP contribution in [0.15, 0.2) is 131 Å². The van der Waals surface area contributed by atoms with E-state index in [1.165, 1.54) is 48.4 Å². The Labute approximate surface area is 234 Å². The summed E-state index contributed by atoms with van der Waals surface area (Å²) < 4.78 is 2.28. The Morgan fingerprint density at radius 2 is 1.62 bits per heavy atom. The lowest BCUT2D eigenvalue weighted by molar-refractivity contribution is 0.721. The van der Waals surface area contributed by atoms with E-state index < -0.39 is 0 Å². The second-order valence-corrected chi connectivity index (χ2v) is 12.0. The van der Waals surface area contributed by atoms with Crippen molar-refractivity contribution in [2.24, 2.45) is 5.92 Å². The molecule has 3 nitrogen and oxygen atoms in total. The molecule has 0 bridgehead atoms. The zero-order valence-electron chi connectivity index (χ0n) is 21.4. The fraction of sp³-hybridized carbons (Fsp3) is 0.0556. The van der Waals surface area contributed by atoms with Crippen molar-refractivity contribution in [1.29, 1.82) is 0 Å². The minimum atomic E-state index is 0.381. The number of hydrogen-bond donors (Lipinski definition) is 0. The third-order valence-electron chi connectivity index (χ3n) is 8.98. The highest BCUT2D eigenvalue weighted by molar-refractivity contribution is 7.99. The first-order valence-electron chi connectivity index (χ1n) is 13.8. The molecular formula is C36H21N3S. The summed E-state index contributed by atoms with van der Waals surface area (Å²) in [5.41, 5.74) is 11.1. The minimum absolute atomic E-state index is 0.381. The number of fused-ring (bicyclic) bond motifs is 9. The molecule has 0 amide bonds. The van der Waals surface area contributed by atoms with Crippen LogP contribution in [-0.2, 0) is 0 Å². The molecule has 3 heterocycles. The quantitative estimate of drug-likeness (QED) is 0.213. The van der Waals surface area contributed by atoms with E-state index in [4.69, 9.17) is 9.97 Å². The average Bonchev–Trinajstić information content (AvgIpc) is 3.51. The molecule has 6 aromatic rings. The molecule has 2 aromatic heterocycles. The summed E-state index contributed by atoms with van der Waals surface area (Å²) in [6.07, 6.45) is 13.7. The van der Waals surface area contributed by atoms with Gasteiger partial charge in [0.25, 0.3) is 0 Å². The molecule has 0 spiro atoms. The van der Waals surface area contributed by atoms with E-state index >= 15 is 0 Å². The van der Waals surface area contributed by atoms with Gasteiger partial charge in [-0.05, 0) is 52.6 Å². The Hall–Kier alpha value is -4.67. The Morgan fingerprint density at radius 1 is 0.725 bits per heavy atom. The Balaban J connectivity index is 1.33. The highest BCUT2D eigenvalue weighted by Crippen LogP contribution is 2.56. The highest BCUT2D eigenvalue weighted by Gasteiger charge is 2.40. The van der Waals surface area contributed by atoms with Crippen molar-refractivity contribution in [2.75, 3.05) is 0 Å². The molecule has 40 heavy (non-hydrogen) atoms. The summed E-state index contributed by atoms with van der Waals surface area (Å²) in [5.74, 6) is 1.50. The van der Waals surface area contributed by atoms with Crippen molar-refractivity contribution in [3.8, 4) is 17.2 Å². The van der Waals surface area contributed by atoms with Crippen LogP contribution in [0.4, 0.5) is 0 Å². The van der Waals surface area contributed by atoms with Gasteiger partial charge in [-0.25, -0.2) is 9.97 Å². The molecule has 3 aliphatic carbocycles. The normalized spacial score (nSPS) is 19.5. The minimum Gasteiger partial charge on any atom is -0.278 e. The van der Waals surface area contributed by atoms with Crippen LogP contribution in [0.1, 0.15) is 17.0 Å². The van der Waals surface area contributed by atoms with Gasteiger partial charge in [0.2, 0.25) is 5.95 Å². The van der Waals surface area contributed by atoms with Gasteiger partial charge in [-0.15, -0.1) is 0 Å². The smallest absolute Gasteiger partial charge is 0.235 e. The monoisotopic (exact) mass is 527 g/mol. The standard InChI is InChI=1S/C36H21N3S/c1-3-15-27-23(10-1)33-28(19-18-22-21-12-5-8-20-9-6-13-25(31(20)21)32(22)33)39(27)36-37-26-14-7-17-30-34(26)35(38-36)24-11-2-4-16-29(24)40-30/h1-19,21,31H. The summed E-state index contributed by atoms with van der Waals surface area (Å²) in [7, 11) is 0. The molecule has 4 aromatic carbocycles. The van der Waals surface area contributed by atoms with Gasteiger partial charge in [0.1, 0.15) is 0 Å². The van der Waals surface area contributed by atoms with E-state index in [2.05, 4.69) is 120 Å². The average molecular weight is 528 g/mol. The first-order chi connectivity index (χ1) is 19.8. The van der Waals surface area contributed by atoms with Crippen LogP contribution >= 0.6 is 11.8 Å². The SMILES string of the molecule is C1=CC2=CC=CC3c4ccc5c(c4C(=C1)C23)c1ccccc1n5-c1nc2c3c(cccc3n1)Sc1ccccc1-2.